The summed E-state index contributed by atoms with van der Waals surface area (Å²) < 4.78 is 25.5. The Morgan fingerprint density at radius 3 is 2.88 bits per heavy atom. The van der Waals surface area contributed by atoms with E-state index < -0.39 is 10.0 Å². The second-order valence-electron chi connectivity index (χ2n) is 3.30. The number of nitrogens with zero attached hydrogens (tertiary/aromatic N) is 2. The number of hydrogen-bond donors (Lipinski definition) is 2. The standard InChI is InChI=1S/C9H16N4O2S/c1-10-4-2-6-16(14,15)13-7-9-3-5-11-8-12-9/h3,5,8,10,13H,2,4,6-7H2,1H3. The van der Waals surface area contributed by atoms with Gasteiger partial charge in [0.05, 0.1) is 18.0 Å². The summed E-state index contributed by atoms with van der Waals surface area (Å²) in [6, 6.07) is 1.68. The Bertz CT molecular complexity index is 393. The summed E-state index contributed by atoms with van der Waals surface area (Å²) in [4.78, 5) is 7.68. The van der Waals surface area contributed by atoms with E-state index in [2.05, 4.69) is 20.0 Å². The summed E-state index contributed by atoms with van der Waals surface area (Å²) in [6.07, 6.45) is 3.57. The Morgan fingerprint density at radius 2 is 2.25 bits per heavy atom. The topological polar surface area (TPSA) is 84.0 Å². The summed E-state index contributed by atoms with van der Waals surface area (Å²) in [7, 11) is -1.41. The molecule has 6 nitrogen and oxygen atoms in total. The summed E-state index contributed by atoms with van der Waals surface area (Å²) in [5.41, 5.74) is 0.659. The molecule has 1 rings (SSSR count). The van der Waals surface area contributed by atoms with Crippen molar-refractivity contribution in [2.75, 3.05) is 19.3 Å². The molecule has 2 N–H and O–H groups in total. The third-order valence-corrected chi connectivity index (χ3v) is 3.37. The van der Waals surface area contributed by atoms with Gasteiger partial charge in [-0.2, -0.15) is 0 Å². The second kappa shape index (κ2) is 6.51. The molecule has 0 spiro atoms. The SMILES string of the molecule is CNCCCS(=O)(=O)NCc1ccncn1. The zero-order valence-electron chi connectivity index (χ0n) is 9.18. The Kier molecular flexibility index (Phi) is 5.30. The predicted octanol–water partition coefficient (Wildman–Crippen LogP) is -0.494. The van der Waals surface area contributed by atoms with Crippen LogP contribution in [0.4, 0.5) is 0 Å². The van der Waals surface area contributed by atoms with E-state index in [1.807, 2.05) is 0 Å². The minimum absolute atomic E-state index is 0.124. The first-order chi connectivity index (χ1) is 7.64. The van der Waals surface area contributed by atoms with Gasteiger partial charge in [0.1, 0.15) is 6.33 Å². The van der Waals surface area contributed by atoms with Crippen molar-refractivity contribution >= 4 is 10.0 Å². The van der Waals surface area contributed by atoms with Crippen LogP contribution >= 0.6 is 0 Å². The van der Waals surface area contributed by atoms with E-state index in [1.165, 1.54) is 6.33 Å². The van der Waals surface area contributed by atoms with Crippen molar-refractivity contribution in [3.63, 3.8) is 0 Å². The third kappa shape index (κ3) is 5.15. The van der Waals surface area contributed by atoms with Crippen LogP contribution in [-0.4, -0.2) is 37.7 Å². The summed E-state index contributed by atoms with van der Waals surface area (Å²) >= 11 is 0. The van der Waals surface area contributed by atoms with Crippen LogP contribution in [0.1, 0.15) is 12.1 Å². The molecule has 0 radical (unpaired) electrons. The highest BCUT2D eigenvalue weighted by atomic mass is 32.2. The maximum Gasteiger partial charge on any atom is 0.211 e. The molecule has 1 heterocycles. The minimum Gasteiger partial charge on any atom is -0.320 e. The van der Waals surface area contributed by atoms with Crippen molar-refractivity contribution in [1.82, 2.24) is 20.0 Å². The van der Waals surface area contributed by atoms with E-state index in [9.17, 15) is 8.42 Å². The van der Waals surface area contributed by atoms with Crippen LogP contribution in [-0.2, 0) is 16.6 Å². The average molecular weight is 244 g/mol. The monoisotopic (exact) mass is 244 g/mol. The fourth-order valence-electron chi connectivity index (χ4n) is 1.12. The van der Waals surface area contributed by atoms with Crippen LogP contribution in [0.5, 0.6) is 0 Å². The Labute approximate surface area is 95.6 Å². The number of nitrogens with one attached hydrogen (secondary N) is 2. The van der Waals surface area contributed by atoms with Gasteiger partial charge in [0, 0.05) is 6.20 Å². The van der Waals surface area contributed by atoms with E-state index in [0.717, 1.165) is 0 Å². The van der Waals surface area contributed by atoms with Gasteiger partial charge in [-0.15, -0.1) is 0 Å². The van der Waals surface area contributed by atoms with Crippen LogP contribution in [0, 0.1) is 0 Å². The molecule has 0 atom stereocenters. The summed E-state index contributed by atoms with van der Waals surface area (Å²) in [5, 5.41) is 2.90. The predicted molar refractivity (Wildman–Crippen MR) is 61.2 cm³/mol. The van der Waals surface area contributed by atoms with Gasteiger partial charge in [-0.3, -0.25) is 0 Å². The molecule has 1 aromatic heterocycles. The largest absolute Gasteiger partial charge is 0.320 e. The molecule has 1 aromatic rings. The summed E-state index contributed by atoms with van der Waals surface area (Å²) in [6.45, 7) is 0.902. The van der Waals surface area contributed by atoms with Gasteiger partial charge in [-0.05, 0) is 26.1 Å². The van der Waals surface area contributed by atoms with Gasteiger partial charge in [-0.25, -0.2) is 23.1 Å². The lowest BCUT2D eigenvalue weighted by Gasteiger charge is -2.05. The lowest BCUT2D eigenvalue weighted by atomic mass is 10.4. The maximum absolute atomic E-state index is 11.5. The van der Waals surface area contributed by atoms with Gasteiger partial charge < -0.3 is 5.32 Å². The van der Waals surface area contributed by atoms with Gasteiger partial charge in [0.25, 0.3) is 0 Å². The normalized spacial score (nSPS) is 11.6. The number of rotatable bonds is 7. The highest BCUT2D eigenvalue weighted by Gasteiger charge is 2.09. The molecule has 0 fully saturated rings. The van der Waals surface area contributed by atoms with Crippen LogP contribution in [0.25, 0.3) is 0 Å². The highest BCUT2D eigenvalue weighted by molar-refractivity contribution is 7.89. The number of hydrogen-bond acceptors (Lipinski definition) is 5. The quantitative estimate of drug-likeness (QED) is 0.632. The molecule has 16 heavy (non-hydrogen) atoms. The molecule has 0 aliphatic carbocycles. The van der Waals surface area contributed by atoms with Gasteiger partial charge in [0.2, 0.25) is 10.0 Å². The fourth-order valence-corrected chi connectivity index (χ4v) is 2.15. The average Bonchev–Trinajstić information content (AvgIpc) is 2.28. The first-order valence-electron chi connectivity index (χ1n) is 5.01. The maximum atomic E-state index is 11.5. The van der Waals surface area contributed by atoms with Crippen molar-refractivity contribution in [3.05, 3.63) is 24.3 Å². The van der Waals surface area contributed by atoms with Crippen LogP contribution in [0.2, 0.25) is 0 Å². The Morgan fingerprint density at radius 1 is 1.44 bits per heavy atom. The molecule has 0 bridgehead atoms. The molecule has 7 heteroatoms. The third-order valence-electron chi connectivity index (χ3n) is 1.96. The van der Waals surface area contributed by atoms with E-state index in [4.69, 9.17) is 0 Å². The van der Waals surface area contributed by atoms with Crippen molar-refractivity contribution in [3.8, 4) is 0 Å². The van der Waals surface area contributed by atoms with Crippen molar-refractivity contribution in [2.24, 2.45) is 0 Å². The van der Waals surface area contributed by atoms with Crippen molar-refractivity contribution < 1.29 is 8.42 Å². The molecule has 90 valence electrons. The van der Waals surface area contributed by atoms with Crippen LogP contribution in [0.15, 0.2) is 18.6 Å². The Hall–Kier alpha value is -1.05. The summed E-state index contributed by atoms with van der Waals surface area (Å²) in [5.74, 6) is 0.124. The highest BCUT2D eigenvalue weighted by Crippen LogP contribution is 1.94. The van der Waals surface area contributed by atoms with E-state index in [0.29, 0.717) is 18.7 Å². The second-order valence-corrected chi connectivity index (χ2v) is 5.22. The number of sulfonamides is 1. The Balaban J connectivity index is 2.36. The van der Waals surface area contributed by atoms with Gasteiger partial charge in [0.15, 0.2) is 0 Å². The van der Waals surface area contributed by atoms with E-state index in [-0.39, 0.29) is 12.3 Å². The molecule has 0 amide bonds. The van der Waals surface area contributed by atoms with Crippen LogP contribution < -0.4 is 10.0 Å². The first-order valence-corrected chi connectivity index (χ1v) is 6.66. The lowest BCUT2D eigenvalue weighted by Crippen LogP contribution is -2.27. The smallest absolute Gasteiger partial charge is 0.211 e. The molecule has 0 saturated carbocycles. The molecule has 0 saturated heterocycles. The van der Waals surface area contributed by atoms with Crippen molar-refractivity contribution in [1.29, 1.82) is 0 Å². The molecular weight excluding hydrogens is 228 g/mol. The fraction of sp³-hybridized carbons (Fsp3) is 0.556. The minimum atomic E-state index is -3.20. The lowest BCUT2D eigenvalue weighted by molar-refractivity contribution is 0.576. The molecule has 0 aliphatic rings. The van der Waals surface area contributed by atoms with Gasteiger partial charge >= 0.3 is 0 Å². The van der Waals surface area contributed by atoms with Crippen molar-refractivity contribution in [2.45, 2.75) is 13.0 Å². The van der Waals surface area contributed by atoms with Gasteiger partial charge in [-0.1, -0.05) is 0 Å². The molecule has 0 aromatic carbocycles. The first kappa shape index (κ1) is 13.0. The van der Waals surface area contributed by atoms with E-state index in [1.54, 1.807) is 19.3 Å². The number of aromatic nitrogens is 2. The van der Waals surface area contributed by atoms with E-state index >= 15 is 0 Å². The molecular formula is C9H16N4O2S. The molecule has 0 aliphatic heterocycles. The molecule has 0 unspecified atom stereocenters. The van der Waals surface area contributed by atoms with Crippen LogP contribution in [0.3, 0.4) is 0 Å². The zero-order chi connectivity index (χ0) is 11.9. The zero-order valence-corrected chi connectivity index (χ0v) is 10.00.